The van der Waals surface area contributed by atoms with Gasteiger partial charge in [-0.25, -0.2) is 9.59 Å². The SMILES string of the molecule is COC(=O)c1ccccc1NC(=O)Cn1c(C)cc(C)nc1=O. The maximum Gasteiger partial charge on any atom is 0.348 e. The molecule has 1 N–H and O–H groups in total. The van der Waals surface area contributed by atoms with E-state index < -0.39 is 17.6 Å². The number of methoxy groups -OCH3 is 1. The largest absolute Gasteiger partial charge is 0.465 e. The Hall–Kier alpha value is -2.96. The zero-order valence-electron chi connectivity index (χ0n) is 13.1. The number of aromatic nitrogens is 2. The third kappa shape index (κ3) is 3.82. The van der Waals surface area contributed by atoms with E-state index >= 15 is 0 Å². The van der Waals surface area contributed by atoms with Gasteiger partial charge >= 0.3 is 11.7 Å². The van der Waals surface area contributed by atoms with Crippen LogP contribution in [0.3, 0.4) is 0 Å². The Kier molecular flexibility index (Phi) is 4.90. The molecule has 1 heterocycles. The first-order chi connectivity index (χ1) is 10.9. The zero-order valence-corrected chi connectivity index (χ0v) is 13.1. The van der Waals surface area contributed by atoms with E-state index in [0.29, 0.717) is 17.1 Å². The topological polar surface area (TPSA) is 90.3 Å². The van der Waals surface area contributed by atoms with E-state index in [2.05, 4.69) is 15.0 Å². The molecule has 7 nitrogen and oxygen atoms in total. The summed E-state index contributed by atoms with van der Waals surface area (Å²) in [5.74, 6) is -0.983. The van der Waals surface area contributed by atoms with Crippen LogP contribution in [0.25, 0.3) is 0 Å². The Balaban J connectivity index is 2.22. The average molecular weight is 315 g/mol. The van der Waals surface area contributed by atoms with Crippen molar-refractivity contribution in [3.05, 3.63) is 57.8 Å². The number of nitrogens with zero attached hydrogens (tertiary/aromatic N) is 2. The number of esters is 1. The molecule has 7 heteroatoms. The number of anilines is 1. The van der Waals surface area contributed by atoms with Gasteiger partial charge in [0.15, 0.2) is 0 Å². The zero-order chi connectivity index (χ0) is 17.0. The summed E-state index contributed by atoms with van der Waals surface area (Å²) in [5.41, 5.74) is 1.32. The molecule has 23 heavy (non-hydrogen) atoms. The van der Waals surface area contributed by atoms with Crippen molar-refractivity contribution in [3.63, 3.8) is 0 Å². The van der Waals surface area contributed by atoms with Gasteiger partial charge in [0.1, 0.15) is 6.54 Å². The lowest BCUT2D eigenvalue weighted by molar-refractivity contribution is -0.116. The second kappa shape index (κ2) is 6.87. The molecule has 120 valence electrons. The number of hydrogen-bond donors (Lipinski definition) is 1. The van der Waals surface area contributed by atoms with E-state index in [1.165, 1.54) is 11.7 Å². The third-order valence-corrected chi connectivity index (χ3v) is 3.25. The van der Waals surface area contributed by atoms with Crippen LogP contribution in [0.15, 0.2) is 35.1 Å². The number of para-hydroxylation sites is 1. The number of nitrogens with one attached hydrogen (secondary N) is 1. The van der Waals surface area contributed by atoms with Gasteiger partial charge in [0.25, 0.3) is 0 Å². The highest BCUT2D eigenvalue weighted by molar-refractivity contribution is 6.01. The molecule has 1 aromatic heterocycles. The monoisotopic (exact) mass is 315 g/mol. The predicted molar refractivity (Wildman–Crippen MR) is 84.4 cm³/mol. The maximum atomic E-state index is 12.2. The van der Waals surface area contributed by atoms with Crippen molar-refractivity contribution in [2.75, 3.05) is 12.4 Å². The lowest BCUT2D eigenvalue weighted by atomic mass is 10.2. The van der Waals surface area contributed by atoms with Crippen LogP contribution in [0.5, 0.6) is 0 Å². The molecule has 2 aromatic rings. The molecule has 0 aliphatic rings. The summed E-state index contributed by atoms with van der Waals surface area (Å²) >= 11 is 0. The number of carbonyl (C=O) groups is 2. The van der Waals surface area contributed by atoms with Crippen molar-refractivity contribution in [2.24, 2.45) is 0 Å². The van der Waals surface area contributed by atoms with Crippen LogP contribution in [0.1, 0.15) is 21.7 Å². The first-order valence-corrected chi connectivity index (χ1v) is 6.94. The molecule has 0 unspecified atom stereocenters. The lowest BCUT2D eigenvalue weighted by Crippen LogP contribution is -2.31. The summed E-state index contributed by atoms with van der Waals surface area (Å²) in [4.78, 5) is 39.5. The number of benzene rings is 1. The minimum Gasteiger partial charge on any atom is -0.465 e. The van der Waals surface area contributed by atoms with Crippen LogP contribution >= 0.6 is 0 Å². The molecule has 0 atom stereocenters. The number of aryl methyl sites for hydroxylation is 2. The van der Waals surface area contributed by atoms with Gasteiger partial charge < -0.3 is 10.1 Å². The summed E-state index contributed by atoms with van der Waals surface area (Å²) in [6.07, 6.45) is 0. The molecular weight excluding hydrogens is 298 g/mol. The van der Waals surface area contributed by atoms with E-state index in [1.807, 2.05) is 0 Å². The molecule has 0 bridgehead atoms. The van der Waals surface area contributed by atoms with Crippen LogP contribution in [0, 0.1) is 13.8 Å². The standard InChI is InChI=1S/C16H17N3O4/c1-10-8-11(2)19(16(22)17-10)9-14(20)18-13-7-5-4-6-12(13)15(21)23-3/h4-8H,9H2,1-3H3,(H,18,20). The molecule has 0 saturated carbocycles. The van der Waals surface area contributed by atoms with Crippen LogP contribution in [-0.4, -0.2) is 28.5 Å². The Morgan fingerprint density at radius 1 is 1.26 bits per heavy atom. The van der Waals surface area contributed by atoms with Crippen LogP contribution in [0.4, 0.5) is 5.69 Å². The second-order valence-corrected chi connectivity index (χ2v) is 4.99. The number of carbonyl (C=O) groups excluding carboxylic acids is 2. The molecule has 1 amide bonds. The van der Waals surface area contributed by atoms with E-state index in [1.54, 1.807) is 44.2 Å². The van der Waals surface area contributed by atoms with Crippen molar-refractivity contribution in [1.29, 1.82) is 0 Å². The minimum absolute atomic E-state index is 0.187. The van der Waals surface area contributed by atoms with Gasteiger partial charge in [-0.05, 0) is 32.0 Å². The maximum absolute atomic E-state index is 12.2. The van der Waals surface area contributed by atoms with Crippen molar-refractivity contribution in [2.45, 2.75) is 20.4 Å². The van der Waals surface area contributed by atoms with Crippen LogP contribution in [-0.2, 0) is 16.1 Å². The second-order valence-electron chi connectivity index (χ2n) is 4.99. The van der Waals surface area contributed by atoms with Gasteiger partial charge in [0.05, 0.1) is 18.4 Å². The highest BCUT2D eigenvalue weighted by Gasteiger charge is 2.14. The summed E-state index contributed by atoms with van der Waals surface area (Å²) in [7, 11) is 1.27. The van der Waals surface area contributed by atoms with E-state index in [4.69, 9.17) is 0 Å². The molecule has 1 aromatic carbocycles. The van der Waals surface area contributed by atoms with Crippen LogP contribution in [0.2, 0.25) is 0 Å². The quantitative estimate of drug-likeness (QED) is 0.859. The Labute approximate surface area is 132 Å². The van der Waals surface area contributed by atoms with Gasteiger partial charge in [-0.2, -0.15) is 4.98 Å². The molecule has 0 aliphatic heterocycles. The fourth-order valence-corrected chi connectivity index (χ4v) is 2.18. The lowest BCUT2D eigenvalue weighted by Gasteiger charge is -2.12. The fourth-order valence-electron chi connectivity index (χ4n) is 2.18. The van der Waals surface area contributed by atoms with Crippen molar-refractivity contribution >= 4 is 17.6 Å². The molecule has 0 fully saturated rings. The van der Waals surface area contributed by atoms with Crippen LogP contribution < -0.4 is 11.0 Å². The summed E-state index contributed by atoms with van der Waals surface area (Å²) < 4.78 is 5.94. The number of ether oxygens (including phenoxy) is 1. The van der Waals surface area contributed by atoms with E-state index in [-0.39, 0.29) is 12.1 Å². The average Bonchev–Trinajstić information content (AvgIpc) is 2.50. The summed E-state index contributed by atoms with van der Waals surface area (Å²) in [5, 5.41) is 2.62. The highest BCUT2D eigenvalue weighted by atomic mass is 16.5. The number of amides is 1. The van der Waals surface area contributed by atoms with Gasteiger partial charge in [0.2, 0.25) is 5.91 Å². The Bertz CT molecular complexity index is 811. The molecule has 0 saturated heterocycles. The van der Waals surface area contributed by atoms with E-state index in [0.717, 1.165) is 0 Å². The Morgan fingerprint density at radius 2 is 1.96 bits per heavy atom. The minimum atomic E-state index is -0.550. The first kappa shape index (κ1) is 16.4. The Morgan fingerprint density at radius 3 is 2.61 bits per heavy atom. The number of hydrogen-bond acceptors (Lipinski definition) is 5. The van der Waals surface area contributed by atoms with Gasteiger partial charge in [-0.3, -0.25) is 9.36 Å². The molecule has 0 radical (unpaired) electrons. The van der Waals surface area contributed by atoms with Crippen molar-refractivity contribution in [3.8, 4) is 0 Å². The molecular formula is C16H17N3O4. The number of rotatable bonds is 4. The molecule has 0 aliphatic carbocycles. The molecule has 0 spiro atoms. The smallest absolute Gasteiger partial charge is 0.348 e. The summed E-state index contributed by atoms with van der Waals surface area (Å²) in [6.45, 7) is 3.25. The van der Waals surface area contributed by atoms with Gasteiger partial charge in [0, 0.05) is 11.4 Å². The van der Waals surface area contributed by atoms with Crippen molar-refractivity contribution in [1.82, 2.24) is 9.55 Å². The van der Waals surface area contributed by atoms with Gasteiger partial charge in [-0.1, -0.05) is 12.1 Å². The van der Waals surface area contributed by atoms with E-state index in [9.17, 15) is 14.4 Å². The normalized spacial score (nSPS) is 10.2. The predicted octanol–water partition coefficient (Wildman–Crippen LogP) is 1.29. The highest BCUT2D eigenvalue weighted by Crippen LogP contribution is 2.16. The van der Waals surface area contributed by atoms with Crippen molar-refractivity contribution < 1.29 is 14.3 Å². The molecule has 2 rings (SSSR count). The van der Waals surface area contributed by atoms with Gasteiger partial charge in [-0.15, -0.1) is 0 Å². The fraction of sp³-hybridized carbons (Fsp3) is 0.250. The summed E-state index contributed by atoms with van der Waals surface area (Å²) in [6, 6.07) is 8.21. The first-order valence-electron chi connectivity index (χ1n) is 6.94. The third-order valence-electron chi connectivity index (χ3n) is 3.25.